The molecule has 128 valence electrons. The summed E-state index contributed by atoms with van der Waals surface area (Å²) in [4.78, 5) is 1.28. The van der Waals surface area contributed by atoms with Gasteiger partial charge in [-0.15, -0.1) is 0 Å². The Bertz CT molecular complexity index is 798. The molecule has 1 heterocycles. The normalized spacial score (nSPS) is 11.2. The van der Waals surface area contributed by atoms with E-state index in [4.69, 9.17) is 16.8 Å². The molecule has 1 aromatic carbocycles. The molecule has 0 unspecified atom stereocenters. The Kier molecular flexibility index (Phi) is 9.84. The van der Waals surface area contributed by atoms with Gasteiger partial charge in [0.25, 0.3) is 10.1 Å². The zero-order chi connectivity index (χ0) is 16.9. The van der Waals surface area contributed by atoms with Crippen molar-refractivity contribution in [2.24, 2.45) is 0 Å². The van der Waals surface area contributed by atoms with E-state index in [0.717, 1.165) is 15.8 Å². The first-order chi connectivity index (χ1) is 10.9. The van der Waals surface area contributed by atoms with Crippen LogP contribution in [0.15, 0.2) is 29.2 Å². The molecule has 0 bridgehead atoms. The third-order valence-electron chi connectivity index (χ3n) is 3.66. The van der Waals surface area contributed by atoms with Crippen LogP contribution in [0.2, 0.25) is 0 Å². The second kappa shape index (κ2) is 10.5. The van der Waals surface area contributed by atoms with E-state index in [1.54, 1.807) is 32.8 Å². The predicted molar refractivity (Wildman–Crippen MR) is 101 cm³/mol. The van der Waals surface area contributed by atoms with Crippen molar-refractivity contribution in [1.82, 2.24) is 0 Å². The Morgan fingerprint density at radius 2 is 1.79 bits per heavy atom. The van der Waals surface area contributed by atoms with Gasteiger partial charge in [0, 0.05) is 11.3 Å². The summed E-state index contributed by atoms with van der Waals surface area (Å²) in [6, 6.07) is 6.34. The van der Waals surface area contributed by atoms with Gasteiger partial charge in [0.15, 0.2) is 0 Å². The SMILES string of the molecule is CCCCCCc1ssc(=S)c1Cc1ccc(S(=O)(=O)O)cc1.[H-].[Na+]. The van der Waals surface area contributed by atoms with Crippen LogP contribution in [0.1, 0.15) is 50.0 Å². The van der Waals surface area contributed by atoms with Crippen molar-refractivity contribution >= 4 is 43.0 Å². The number of benzene rings is 1. The minimum Gasteiger partial charge on any atom is -1.00 e. The maximum atomic E-state index is 11.1. The first-order valence-electron chi connectivity index (χ1n) is 7.59. The van der Waals surface area contributed by atoms with Crippen LogP contribution in [-0.2, 0) is 23.0 Å². The van der Waals surface area contributed by atoms with Crippen molar-refractivity contribution in [3.63, 3.8) is 0 Å². The van der Waals surface area contributed by atoms with E-state index in [-0.39, 0.29) is 35.9 Å². The van der Waals surface area contributed by atoms with Crippen LogP contribution in [0, 0.1) is 3.82 Å². The third-order valence-corrected chi connectivity index (χ3v) is 7.83. The van der Waals surface area contributed by atoms with Crippen LogP contribution < -0.4 is 29.6 Å². The zero-order valence-electron chi connectivity index (χ0n) is 14.9. The van der Waals surface area contributed by atoms with E-state index in [1.165, 1.54) is 48.3 Å². The maximum Gasteiger partial charge on any atom is 1.00 e. The maximum absolute atomic E-state index is 11.1. The molecular weight excluding hydrogens is 391 g/mol. The van der Waals surface area contributed by atoms with Crippen LogP contribution in [0.4, 0.5) is 0 Å². The molecule has 0 amide bonds. The molecule has 0 aliphatic carbocycles. The summed E-state index contributed by atoms with van der Waals surface area (Å²) in [5.41, 5.74) is 2.20. The second-order valence-corrected chi connectivity index (χ2v) is 9.78. The molecule has 1 N–H and O–H groups in total. The molecule has 3 nitrogen and oxygen atoms in total. The van der Waals surface area contributed by atoms with Gasteiger partial charge in [0.1, 0.15) is 3.82 Å². The fraction of sp³-hybridized carbons (Fsp3) is 0.438. The van der Waals surface area contributed by atoms with Crippen molar-refractivity contribution < 1.29 is 44.0 Å². The molecule has 2 rings (SSSR count). The van der Waals surface area contributed by atoms with Gasteiger partial charge in [0.05, 0.1) is 4.90 Å². The first-order valence-corrected chi connectivity index (χ1v) is 11.6. The van der Waals surface area contributed by atoms with Crippen molar-refractivity contribution in [2.45, 2.75) is 50.3 Å². The van der Waals surface area contributed by atoms with Crippen LogP contribution >= 0.6 is 32.9 Å². The Hall–Kier alpha value is 0.400. The molecule has 0 aliphatic heterocycles. The molecule has 0 atom stereocenters. The van der Waals surface area contributed by atoms with Crippen molar-refractivity contribution in [3.05, 3.63) is 44.1 Å². The van der Waals surface area contributed by atoms with Gasteiger partial charge in [-0.1, -0.05) is 71.2 Å². The molecule has 0 saturated carbocycles. The van der Waals surface area contributed by atoms with Gasteiger partial charge in [-0.3, -0.25) is 4.55 Å². The van der Waals surface area contributed by atoms with Crippen LogP contribution in [0.25, 0.3) is 0 Å². The molecule has 0 saturated heterocycles. The van der Waals surface area contributed by atoms with Gasteiger partial charge < -0.3 is 1.43 Å². The predicted octanol–water partition coefficient (Wildman–Crippen LogP) is 2.62. The Morgan fingerprint density at radius 3 is 2.38 bits per heavy atom. The summed E-state index contributed by atoms with van der Waals surface area (Å²) in [6.45, 7) is 2.20. The molecule has 0 spiro atoms. The van der Waals surface area contributed by atoms with Gasteiger partial charge in [-0.05, 0) is 36.1 Å². The summed E-state index contributed by atoms with van der Waals surface area (Å²) < 4.78 is 32.1. The van der Waals surface area contributed by atoms with E-state index in [2.05, 4.69) is 6.92 Å². The topological polar surface area (TPSA) is 54.4 Å². The van der Waals surface area contributed by atoms with Gasteiger partial charge in [-0.2, -0.15) is 8.42 Å². The molecule has 8 heteroatoms. The number of unbranched alkanes of at least 4 members (excludes halogenated alkanes) is 3. The molecule has 0 aliphatic rings. The standard InChI is InChI=1S/C16H20O3S4.Na.H/c1-2-3-4-5-6-15-14(16(20)22-21-15)11-12-7-9-13(10-8-12)23(17,18)19;;/h7-10H,2-6,11H2,1H3,(H,17,18,19);;/q;+1;-1. The number of hydrogen-bond donors (Lipinski definition) is 1. The average molecular weight is 413 g/mol. The van der Waals surface area contributed by atoms with Gasteiger partial charge >= 0.3 is 29.6 Å². The quantitative estimate of drug-likeness (QED) is 0.238. The fourth-order valence-corrected chi connectivity index (χ4v) is 5.83. The van der Waals surface area contributed by atoms with Gasteiger partial charge in [0.2, 0.25) is 0 Å². The monoisotopic (exact) mass is 412 g/mol. The summed E-state index contributed by atoms with van der Waals surface area (Å²) in [7, 11) is -0.727. The molecule has 0 radical (unpaired) electrons. The van der Waals surface area contributed by atoms with Crippen LogP contribution in [-0.4, -0.2) is 13.0 Å². The minimum atomic E-state index is -4.13. The largest absolute Gasteiger partial charge is 1.00 e. The second-order valence-electron chi connectivity index (χ2n) is 5.46. The Labute approximate surface area is 180 Å². The molecular formula is C16H21NaO3S4. The Balaban J connectivity index is 0.00000288. The molecule has 24 heavy (non-hydrogen) atoms. The van der Waals surface area contributed by atoms with E-state index in [1.807, 2.05) is 0 Å². The third kappa shape index (κ3) is 6.61. The first kappa shape index (κ1) is 22.4. The molecule has 2 aromatic rings. The smallest absolute Gasteiger partial charge is 1.00 e. The van der Waals surface area contributed by atoms with Crippen LogP contribution in [0.3, 0.4) is 0 Å². The van der Waals surface area contributed by atoms with E-state index in [9.17, 15) is 8.42 Å². The van der Waals surface area contributed by atoms with Crippen molar-refractivity contribution in [1.29, 1.82) is 0 Å². The Morgan fingerprint density at radius 1 is 1.12 bits per heavy atom. The van der Waals surface area contributed by atoms with Gasteiger partial charge in [-0.25, -0.2) is 0 Å². The number of aryl methyl sites for hydroxylation is 1. The molecule has 1 aromatic heterocycles. The van der Waals surface area contributed by atoms with E-state index >= 15 is 0 Å². The van der Waals surface area contributed by atoms with E-state index in [0.29, 0.717) is 6.42 Å². The van der Waals surface area contributed by atoms with Crippen molar-refractivity contribution in [3.8, 4) is 0 Å². The number of rotatable bonds is 8. The minimum absolute atomic E-state index is 0. The fourth-order valence-electron chi connectivity index (χ4n) is 2.36. The summed E-state index contributed by atoms with van der Waals surface area (Å²) in [5.74, 6) is 0. The molecule has 0 fully saturated rings. The summed E-state index contributed by atoms with van der Waals surface area (Å²) in [5, 5.41) is 0. The summed E-state index contributed by atoms with van der Waals surface area (Å²) in [6.07, 6.45) is 6.71. The zero-order valence-corrected chi connectivity index (χ0v) is 19.2. The van der Waals surface area contributed by atoms with Crippen LogP contribution in [0.5, 0.6) is 0 Å². The van der Waals surface area contributed by atoms with Crippen molar-refractivity contribution in [2.75, 3.05) is 0 Å². The summed E-state index contributed by atoms with van der Waals surface area (Å²) >= 11 is 5.45. The number of hydrogen-bond acceptors (Lipinski definition) is 5. The average Bonchev–Trinajstić information content (AvgIpc) is 2.84. The van der Waals surface area contributed by atoms with E-state index < -0.39 is 10.1 Å².